The number of benzene rings is 2. The molecule has 0 saturated heterocycles. The molecule has 160 valence electrons. The number of rotatable bonds is 4. The van der Waals surface area contributed by atoms with Crippen LogP contribution < -0.4 is 4.90 Å². The summed E-state index contributed by atoms with van der Waals surface area (Å²) in [5.74, 6) is -1.57. The molecule has 7 heteroatoms. The molecule has 0 radical (unpaired) electrons. The molecule has 1 unspecified atom stereocenters. The third-order valence-corrected chi connectivity index (χ3v) is 5.69. The van der Waals surface area contributed by atoms with Gasteiger partial charge in [0.15, 0.2) is 11.5 Å². The Morgan fingerprint density at radius 2 is 1.81 bits per heavy atom. The SMILES string of the molecule is Cc1cc(C)cc(N2C(=O)C(O)=C(C(=O)c3cc4cc(Cl)ccc4o3)C2c2ccco2)c1. The van der Waals surface area contributed by atoms with Crippen molar-refractivity contribution in [1.82, 2.24) is 0 Å². The van der Waals surface area contributed by atoms with Gasteiger partial charge in [0.1, 0.15) is 17.4 Å². The Bertz CT molecular complexity index is 1390. The Balaban J connectivity index is 1.65. The molecule has 0 bridgehead atoms. The molecule has 5 rings (SSSR count). The van der Waals surface area contributed by atoms with Crippen LogP contribution in [-0.2, 0) is 4.79 Å². The number of halogens is 1. The van der Waals surface area contributed by atoms with E-state index in [-0.39, 0.29) is 11.3 Å². The van der Waals surface area contributed by atoms with Crippen LogP contribution in [0.1, 0.15) is 33.5 Å². The number of nitrogens with zero attached hydrogens (tertiary/aromatic N) is 1. The van der Waals surface area contributed by atoms with Gasteiger partial charge in [0, 0.05) is 16.1 Å². The number of anilines is 1. The Kier molecular flexibility index (Phi) is 4.68. The highest BCUT2D eigenvalue weighted by molar-refractivity contribution is 6.31. The predicted molar refractivity (Wildman–Crippen MR) is 120 cm³/mol. The largest absolute Gasteiger partial charge is 0.503 e. The lowest BCUT2D eigenvalue weighted by Gasteiger charge is -2.25. The first kappa shape index (κ1) is 20.2. The number of amides is 1. The molecule has 0 spiro atoms. The van der Waals surface area contributed by atoms with Gasteiger partial charge in [0.2, 0.25) is 5.78 Å². The molecule has 0 aliphatic carbocycles. The quantitative estimate of drug-likeness (QED) is 0.383. The second kappa shape index (κ2) is 7.43. The second-order valence-corrected chi connectivity index (χ2v) is 8.26. The monoisotopic (exact) mass is 447 g/mol. The zero-order valence-corrected chi connectivity index (χ0v) is 18.0. The summed E-state index contributed by atoms with van der Waals surface area (Å²) in [6.07, 6.45) is 1.46. The van der Waals surface area contributed by atoms with Crippen LogP contribution in [0.15, 0.2) is 81.0 Å². The maximum absolute atomic E-state index is 13.5. The van der Waals surface area contributed by atoms with Crippen molar-refractivity contribution in [3.05, 3.63) is 99.9 Å². The summed E-state index contributed by atoms with van der Waals surface area (Å²) < 4.78 is 11.3. The Labute approximate surface area is 188 Å². The molecule has 6 nitrogen and oxygen atoms in total. The van der Waals surface area contributed by atoms with Crippen LogP contribution in [0, 0.1) is 13.8 Å². The van der Waals surface area contributed by atoms with Gasteiger partial charge >= 0.3 is 0 Å². The Hall–Kier alpha value is -3.77. The van der Waals surface area contributed by atoms with Gasteiger partial charge in [0.25, 0.3) is 5.91 Å². The van der Waals surface area contributed by atoms with E-state index in [1.807, 2.05) is 32.0 Å². The van der Waals surface area contributed by atoms with E-state index in [0.717, 1.165) is 11.1 Å². The maximum atomic E-state index is 13.5. The fourth-order valence-corrected chi connectivity index (χ4v) is 4.35. The lowest BCUT2D eigenvalue weighted by molar-refractivity contribution is -0.117. The van der Waals surface area contributed by atoms with E-state index in [4.69, 9.17) is 20.4 Å². The van der Waals surface area contributed by atoms with Gasteiger partial charge in [-0.25, -0.2) is 0 Å². The molecule has 1 aliphatic heterocycles. The summed E-state index contributed by atoms with van der Waals surface area (Å²) in [5, 5.41) is 12.0. The van der Waals surface area contributed by atoms with Gasteiger partial charge in [-0.1, -0.05) is 17.7 Å². The van der Waals surface area contributed by atoms with Crippen molar-refractivity contribution in [3.8, 4) is 0 Å². The molecule has 1 N–H and O–H groups in total. The van der Waals surface area contributed by atoms with Gasteiger partial charge in [-0.05, 0) is 73.5 Å². The van der Waals surface area contributed by atoms with E-state index in [1.165, 1.54) is 11.2 Å². The minimum Gasteiger partial charge on any atom is -0.503 e. The number of aliphatic hydroxyl groups is 1. The number of ketones is 1. The number of fused-ring (bicyclic) bond motifs is 1. The van der Waals surface area contributed by atoms with E-state index in [1.54, 1.807) is 36.4 Å². The van der Waals surface area contributed by atoms with E-state index < -0.39 is 23.5 Å². The van der Waals surface area contributed by atoms with Crippen LogP contribution in [0.3, 0.4) is 0 Å². The van der Waals surface area contributed by atoms with Crippen LogP contribution in [0.5, 0.6) is 0 Å². The average Bonchev–Trinajstić information content (AvgIpc) is 3.45. The Morgan fingerprint density at radius 3 is 2.50 bits per heavy atom. The number of hydrogen-bond donors (Lipinski definition) is 1. The van der Waals surface area contributed by atoms with Crippen molar-refractivity contribution in [2.75, 3.05) is 4.90 Å². The number of furan rings is 2. The highest BCUT2D eigenvalue weighted by Crippen LogP contribution is 2.43. The molecule has 3 heterocycles. The summed E-state index contributed by atoms with van der Waals surface area (Å²) in [6.45, 7) is 3.83. The standard InChI is InChI=1S/C25H18ClNO5/c1-13-8-14(2)10-17(9-13)27-22(19-4-3-7-31-19)21(24(29)25(27)30)23(28)20-12-15-11-16(26)5-6-18(15)32-20/h3-12,22,29H,1-2H3. The van der Waals surface area contributed by atoms with Crippen LogP contribution in [0.2, 0.25) is 5.02 Å². The Morgan fingerprint density at radius 1 is 1.06 bits per heavy atom. The summed E-state index contributed by atoms with van der Waals surface area (Å²) >= 11 is 6.04. The summed E-state index contributed by atoms with van der Waals surface area (Å²) in [4.78, 5) is 28.1. The lowest BCUT2D eigenvalue weighted by Crippen LogP contribution is -2.31. The van der Waals surface area contributed by atoms with Gasteiger partial charge in [-0.3, -0.25) is 14.5 Å². The topological polar surface area (TPSA) is 83.9 Å². The lowest BCUT2D eigenvalue weighted by atomic mass is 9.99. The number of Topliss-reactive ketones (excluding diaryl/α,β-unsaturated/α-hetero) is 1. The second-order valence-electron chi connectivity index (χ2n) is 7.82. The predicted octanol–water partition coefficient (Wildman–Crippen LogP) is 6.08. The van der Waals surface area contributed by atoms with Crippen molar-refractivity contribution in [1.29, 1.82) is 0 Å². The van der Waals surface area contributed by atoms with Crippen LogP contribution in [-0.4, -0.2) is 16.8 Å². The highest BCUT2D eigenvalue weighted by Gasteiger charge is 2.46. The normalized spacial score (nSPS) is 16.4. The molecular weight excluding hydrogens is 430 g/mol. The number of aryl methyl sites for hydroxylation is 2. The summed E-state index contributed by atoms with van der Waals surface area (Å²) in [5.41, 5.74) is 2.82. The highest BCUT2D eigenvalue weighted by atomic mass is 35.5. The first-order valence-electron chi connectivity index (χ1n) is 9.95. The molecule has 0 saturated carbocycles. The number of aliphatic hydroxyl groups excluding tert-OH is 1. The van der Waals surface area contributed by atoms with Crippen LogP contribution in [0.25, 0.3) is 11.0 Å². The average molecular weight is 448 g/mol. The molecule has 2 aromatic carbocycles. The molecule has 1 atom stereocenters. The van der Waals surface area contributed by atoms with E-state index in [0.29, 0.717) is 27.4 Å². The van der Waals surface area contributed by atoms with Gasteiger partial charge < -0.3 is 13.9 Å². The fraction of sp³-hybridized carbons (Fsp3) is 0.120. The molecule has 32 heavy (non-hydrogen) atoms. The third kappa shape index (κ3) is 3.20. The smallest absolute Gasteiger partial charge is 0.294 e. The van der Waals surface area contributed by atoms with Gasteiger partial charge in [-0.15, -0.1) is 0 Å². The minimum atomic E-state index is -0.942. The number of hydrogen-bond acceptors (Lipinski definition) is 5. The van der Waals surface area contributed by atoms with E-state index >= 15 is 0 Å². The van der Waals surface area contributed by atoms with Crippen molar-refractivity contribution in [2.24, 2.45) is 0 Å². The van der Waals surface area contributed by atoms with E-state index in [9.17, 15) is 14.7 Å². The van der Waals surface area contributed by atoms with Crippen molar-refractivity contribution in [3.63, 3.8) is 0 Å². The van der Waals surface area contributed by atoms with Crippen LogP contribution >= 0.6 is 11.6 Å². The van der Waals surface area contributed by atoms with Crippen molar-refractivity contribution < 1.29 is 23.5 Å². The molecule has 1 aliphatic rings. The van der Waals surface area contributed by atoms with Gasteiger partial charge in [0.05, 0.1) is 11.8 Å². The van der Waals surface area contributed by atoms with E-state index in [2.05, 4.69) is 0 Å². The van der Waals surface area contributed by atoms with Crippen LogP contribution in [0.4, 0.5) is 5.69 Å². The van der Waals surface area contributed by atoms with Crippen molar-refractivity contribution in [2.45, 2.75) is 19.9 Å². The number of carbonyl (C=O) groups excluding carboxylic acids is 2. The fourth-order valence-electron chi connectivity index (χ4n) is 4.17. The summed E-state index contributed by atoms with van der Waals surface area (Å²) in [6, 6.07) is 14.6. The minimum absolute atomic E-state index is 0.00422. The van der Waals surface area contributed by atoms with Crippen molar-refractivity contribution >= 4 is 39.9 Å². The third-order valence-electron chi connectivity index (χ3n) is 5.45. The maximum Gasteiger partial charge on any atom is 0.294 e. The zero-order chi connectivity index (χ0) is 22.6. The first-order valence-corrected chi connectivity index (χ1v) is 10.3. The zero-order valence-electron chi connectivity index (χ0n) is 17.3. The number of carbonyl (C=O) groups is 2. The van der Waals surface area contributed by atoms with Gasteiger partial charge in [-0.2, -0.15) is 0 Å². The first-order chi connectivity index (χ1) is 15.3. The molecular formula is C25H18ClNO5. The molecule has 4 aromatic rings. The molecule has 2 aromatic heterocycles. The molecule has 1 amide bonds. The molecule has 0 fully saturated rings. The summed E-state index contributed by atoms with van der Waals surface area (Å²) in [7, 11) is 0.